The van der Waals surface area contributed by atoms with E-state index in [0.29, 0.717) is 6.42 Å². The van der Waals surface area contributed by atoms with E-state index < -0.39 is 0 Å². The van der Waals surface area contributed by atoms with Crippen molar-refractivity contribution in [3.8, 4) is 11.1 Å². The van der Waals surface area contributed by atoms with Crippen molar-refractivity contribution in [1.82, 2.24) is 9.97 Å². The standard InChI is InChI=1S/C18H19N3O2/c1-2-4-17(23)21-16-10-20-18-15(16)8-14(9-19-18)13-6-3-5-12(7-13)11-22/h3,5-10,22H,2,4,11H2,1H3,(H,19,20)(H,21,23). The summed E-state index contributed by atoms with van der Waals surface area (Å²) in [5.74, 6) is 0.00100. The Morgan fingerprint density at radius 3 is 2.96 bits per heavy atom. The second-order valence-corrected chi connectivity index (χ2v) is 5.48. The van der Waals surface area contributed by atoms with Crippen molar-refractivity contribution < 1.29 is 9.90 Å². The number of hydrogen-bond acceptors (Lipinski definition) is 3. The predicted octanol–water partition coefficient (Wildman–Crippen LogP) is 3.46. The van der Waals surface area contributed by atoms with Crippen molar-refractivity contribution in [1.29, 1.82) is 0 Å². The summed E-state index contributed by atoms with van der Waals surface area (Å²) < 4.78 is 0. The van der Waals surface area contributed by atoms with E-state index in [-0.39, 0.29) is 12.5 Å². The van der Waals surface area contributed by atoms with Gasteiger partial charge in [0.25, 0.3) is 0 Å². The Labute approximate surface area is 134 Å². The molecule has 0 atom stereocenters. The third-order valence-electron chi connectivity index (χ3n) is 3.73. The van der Waals surface area contributed by atoms with Gasteiger partial charge in [-0.3, -0.25) is 4.79 Å². The molecule has 0 radical (unpaired) electrons. The van der Waals surface area contributed by atoms with Crippen LogP contribution in [0.1, 0.15) is 25.3 Å². The Bertz CT molecular complexity index is 839. The van der Waals surface area contributed by atoms with Gasteiger partial charge in [0, 0.05) is 29.8 Å². The summed E-state index contributed by atoms with van der Waals surface area (Å²) in [5.41, 5.74) is 4.26. The molecule has 0 aliphatic carbocycles. The van der Waals surface area contributed by atoms with Crippen LogP contribution in [0.25, 0.3) is 22.2 Å². The first-order valence-corrected chi connectivity index (χ1v) is 7.68. The van der Waals surface area contributed by atoms with E-state index in [1.807, 2.05) is 37.3 Å². The number of nitrogens with zero attached hydrogens (tertiary/aromatic N) is 1. The number of anilines is 1. The number of aliphatic hydroxyl groups excluding tert-OH is 1. The van der Waals surface area contributed by atoms with Crippen molar-refractivity contribution >= 4 is 22.6 Å². The van der Waals surface area contributed by atoms with Gasteiger partial charge in [0.2, 0.25) is 5.91 Å². The van der Waals surface area contributed by atoms with E-state index in [2.05, 4.69) is 15.3 Å². The van der Waals surface area contributed by atoms with Gasteiger partial charge in [-0.25, -0.2) is 4.98 Å². The number of carbonyl (C=O) groups excluding carboxylic acids is 1. The van der Waals surface area contributed by atoms with E-state index in [1.165, 1.54) is 0 Å². The van der Waals surface area contributed by atoms with Crippen LogP contribution in [-0.4, -0.2) is 21.0 Å². The van der Waals surface area contributed by atoms with E-state index in [4.69, 9.17) is 0 Å². The molecule has 5 heteroatoms. The average Bonchev–Trinajstić information content (AvgIpc) is 2.97. The zero-order chi connectivity index (χ0) is 16.2. The van der Waals surface area contributed by atoms with Crippen LogP contribution in [0.3, 0.4) is 0 Å². The van der Waals surface area contributed by atoms with Crippen molar-refractivity contribution in [3.05, 3.63) is 48.3 Å². The van der Waals surface area contributed by atoms with Crippen LogP contribution in [-0.2, 0) is 11.4 Å². The summed E-state index contributed by atoms with van der Waals surface area (Å²) >= 11 is 0. The predicted molar refractivity (Wildman–Crippen MR) is 91.0 cm³/mol. The lowest BCUT2D eigenvalue weighted by Crippen LogP contribution is -2.10. The number of fused-ring (bicyclic) bond motifs is 1. The molecule has 0 aliphatic heterocycles. The highest BCUT2D eigenvalue weighted by molar-refractivity contribution is 6.01. The second kappa shape index (κ2) is 6.62. The minimum atomic E-state index is 0.00100. The molecule has 0 saturated carbocycles. The van der Waals surface area contributed by atoms with Crippen LogP contribution < -0.4 is 5.32 Å². The Morgan fingerprint density at radius 2 is 2.17 bits per heavy atom. The third kappa shape index (κ3) is 3.24. The lowest BCUT2D eigenvalue weighted by atomic mass is 10.0. The molecule has 3 N–H and O–H groups in total. The van der Waals surface area contributed by atoms with E-state index in [9.17, 15) is 9.90 Å². The topological polar surface area (TPSA) is 78.0 Å². The number of hydrogen-bond donors (Lipinski definition) is 3. The summed E-state index contributed by atoms with van der Waals surface area (Å²) in [4.78, 5) is 19.3. The Kier molecular flexibility index (Phi) is 4.39. The number of aliphatic hydroxyl groups is 1. The zero-order valence-electron chi connectivity index (χ0n) is 13.0. The summed E-state index contributed by atoms with van der Waals surface area (Å²) in [7, 11) is 0. The number of aromatic amines is 1. The number of aromatic nitrogens is 2. The molecule has 0 fully saturated rings. The largest absolute Gasteiger partial charge is 0.392 e. The molecule has 2 aromatic heterocycles. The van der Waals surface area contributed by atoms with E-state index in [1.54, 1.807) is 12.4 Å². The molecule has 0 aliphatic rings. The maximum atomic E-state index is 11.8. The molecular formula is C18H19N3O2. The van der Waals surface area contributed by atoms with Crippen molar-refractivity contribution in [3.63, 3.8) is 0 Å². The first-order valence-electron chi connectivity index (χ1n) is 7.68. The number of carbonyl (C=O) groups is 1. The Hall–Kier alpha value is -2.66. The van der Waals surface area contributed by atoms with Gasteiger partial charge in [-0.2, -0.15) is 0 Å². The molecule has 23 heavy (non-hydrogen) atoms. The van der Waals surface area contributed by atoms with Crippen molar-refractivity contribution in [2.45, 2.75) is 26.4 Å². The smallest absolute Gasteiger partial charge is 0.224 e. The highest BCUT2D eigenvalue weighted by Gasteiger charge is 2.10. The van der Waals surface area contributed by atoms with Crippen LogP contribution in [0.4, 0.5) is 5.69 Å². The molecule has 3 aromatic rings. The Morgan fingerprint density at radius 1 is 1.30 bits per heavy atom. The Balaban J connectivity index is 1.98. The van der Waals surface area contributed by atoms with Crippen LogP contribution in [0, 0.1) is 0 Å². The fourth-order valence-corrected chi connectivity index (χ4v) is 2.55. The molecule has 5 nitrogen and oxygen atoms in total. The first kappa shape index (κ1) is 15.2. The summed E-state index contributed by atoms with van der Waals surface area (Å²) in [6.07, 6.45) is 4.86. The first-order chi connectivity index (χ1) is 11.2. The maximum Gasteiger partial charge on any atom is 0.224 e. The van der Waals surface area contributed by atoms with Crippen molar-refractivity contribution in [2.75, 3.05) is 5.32 Å². The summed E-state index contributed by atoms with van der Waals surface area (Å²) in [6, 6.07) is 9.69. The lowest BCUT2D eigenvalue weighted by Gasteiger charge is -2.06. The number of nitrogens with one attached hydrogen (secondary N) is 2. The van der Waals surface area contributed by atoms with E-state index >= 15 is 0 Å². The quantitative estimate of drug-likeness (QED) is 0.675. The minimum absolute atomic E-state index is 0.00100. The number of amides is 1. The van der Waals surface area contributed by atoms with Crippen LogP contribution >= 0.6 is 0 Å². The van der Waals surface area contributed by atoms with Gasteiger partial charge in [0.05, 0.1) is 12.3 Å². The molecular weight excluding hydrogens is 290 g/mol. The minimum Gasteiger partial charge on any atom is -0.392 e. The third-order valence-corrected chi connectivity index (χ3v) is 3.73. The monoisotopic (exact) mass is 309 g/mol. The normalized spacial score (nSPS) is 10.9. The molecule has 0 saturated heterocycles. The number of pyridine rings is 1. The summed E-state index contributed by atoms with van der Waals surface area (Å²) in [6.45, 7) is 1.98. The molecule has 0 unspecified atom stereocenters. The fraction of sp³-hybridized carbons (Fsp3) is 0.222. The zero-order valence-corrected chi connectivity index (χ0v) is 13.0. The number of benzene rings is 1. The highest BCUT2D eigenvalue weighted by Crippen LogP contribution is 2.28. The fourth-order valence-electron chi connectivity index (χ4n) is 2.55. The van der Waals surface area contributed by atoms with Crippen molar-refractivity contribution in [2.24, 2.45) is 0 Å². The van der Waals surface area contributed by atoms with Gasteiger partial charge < -0.3 is 15.4 Å². The molecule has 3 rings (SSSR count). The van der Waals surface area contributed by atoms with Crippen LogP contribution in [0.15, 0.2) is 42.7 Å². The maximum absolute atomic E-state index is 11.8. The van der Waals surface area contributed by atoms with Gasteiger partial charge in [-0.15, -0.1) is 0 Å². The molecule has 2 heterocycles. The highest BCUT2D eigenvalue weighted by atomic mass is 16.3. The molecule has 1 amide bonds. The molecule has 0 bridgehead atoms. The van der Waals surface area contributed by atoms with Crippen LogP contribution in [0.2, 0.25) is 0 Å². The molecule has 118 valence electrons. The van der Waals surface area contributed by atoms with Gasteiger partial charge in [-0.1, -0.05) is 25.1 Å². The number of H-pyrrole nitrogens is 1. The average molecular weight is 309 g/mol. The summed E-state index contributed by atoms with van der Waals surface area (Å²) in [5, 5.41) is 13.1. The lowest BCUT2D eigenvalue weighted by molar-refractivity contribution is -0.116. The van der Waals surface area contributed by atoms with Gasteiger partial charge in [-0.05, 0) is 29.7 Å². The van der Waals surface area contributed by atoms with Gasteiger partial charge >= 0.3 is 0 Å². The van der Waals surface area contributed by atoms with E-state index in [0.717, 1.165) is 39.8 Å². The van der Waals surface area contributed by atoms with Gasteiger partial charge in [0.15, 0.2) is 0 Å². The molecule has 1 aromatic carbocycles. The van der Waals surface area contributed by atoms with Crippen LogP contribution in [0.5, 0.6) is 0 Å². The van der Waals surface area contributed by atoms with Gasteiger partial charge in [0.1, 0.15) is 5.65 Å². The number of rotatable bonds is 5. The SMILES string of the molecule is CCCC(=O)Nc1c[nH]c2ncc(-c3cccc(CO)c3)cc12. The molecule has 0 spiro atoms. The second-order valence-electron chi connectivity index (χ2n) is 5.48.